The summed E-state index contributed by atoms with van der Waals surface area (Å²) in [7, 11) is 1.45. The van der Waals surface area contributed by atoms with Gasteiger partial charge >= 0.3 is 19.8 Å². The molecule has 0 spiro atoms. The summed E-state index contributed by atoms with van der Waals surface area (Å²) in [4.78, 5) is 35.7. The molecule has 0 bridgehead atoms. The number of phosphoric ester groups is 1. The Bertz CT molecular complexity index is 1780. The lowest BCUT2D eigenvalue weighted by atomic mass is 10.0. The normalized spacial score (nSPS) is 14.2. The van der Waals surface area contributed by atoms with Gasteiger partial charge in [0.2, 0.25) is 0 Å². The van der Waals surface area contributed by atoms with E-state index in [0.717, 1.165) is 128 Å². The first-order chi connectivity index (χ1) is 38.0. The van der Waals surface area contributed by atoms with E-state index in [2.05, 4.69) is 148 Å². The second-order valence-corrected chi connectivity index (χ2v) is 22.8. The van der Waals surface area contributed by atoms with Gasteiger partial charge < -0.3 is 18.9 Å². The molecule has 0 heterocycles. The number of carbonyl (C=O) groups is 2. The lowest BCUT2D eigenvalue weighted by Crippen LogP contribution is -2.37. The fourth-order valence-electron chi connectivity index (χ4n) is 7.92. The summed E-state index contributed by atoms with van der Waals surface area (Å²) in [6, 6.07) is 0. The van der Waals surface area contributed by atoms with Crippen LogP contribution in [0.2, 0.25) is 0 Å². The zero-order valence-corrected chi connectivity index (χ0v) is 51.2. The molecule has 0 aliphatic rings. The van der Waals surface area contributed by atoms with Gasteiger partial charge in [0, 0.05) is 12.8 Å². The monoisotopic (exact) mass is 1100 g/mol. The van der Waals surface area contributed by atoms with Crippen molar-refractivity contribution in [2.24, 2.45) is 0 Å². The van der Waals surface area contributed by atoms with Crippen molar-refractivity contribution in [3.8, 4) is 0 Å². The Labute approximate surface area is 479 Å². The first kappa shape index (κ1) is 74.2. The van der Waals surface area contributed by atoms with Crippen molar-refractivity contribution in [1.29, 1.82) is 0 Å². The third-order valence-corrected chi connectivity index (χ3v) is 13.6. The average molecular weight is 1110 g/mol. The molecule has 10 heteroatoms. The molecular formula is C68H115NO8P+. The maximum absolute atomic E-state index is 12.8. The summed E-state index contributed by atoms with van der Waals surface area (Å²) in [5, 5.41) is 0. The van der Waals surface area contributed by atoms with Crippen molar-refractivity contribution in [1.82, 2.24) is 0 Å². The smallest absolute Gasteiger partial charge is 0.462 e. The molecule has 2 unspecified atom stereocenters. The van der Waals surface area contributed by atoms with Gasteiger partial charge in [-0.1, -0.05) is 237 Å². The summed E-state index contributed by atoms with van der Waals surface area (Å²) in [5.41, 5.74) is 0. The first-order valence-corrected chi connectivity index (χ1v) is 32.4. The minimum atomic E-state index is -4.40. The molecule has 0 saturated carbocycles. The Kier molecular flexibility index (Phi) is 55.0. The van der Waals surface area contributed by atoms with E-state index >= 15 is 0 Å². The lowest BCUT2D eigenvalue weighted by Gasteiger charge is -2.24. The molecule has 0 aromatic rings. The summed E-state index contributed by atoms with van der Waals surface area (Å²) < 4.78 is 34.5. The van der Waals surface area contributed by atoms with Crippen LogP contribution in [0, 0.1) is 0 Å². The molecule has 0 saturated heterocycles. The van der Waals surface area contributed by atoms with Gasteiger partial charge in [-0.15, -0.1) is 0 Å². The van der Waals surface area contributed by atoms with E-state index in [-0.39, 0.29) is 32.0 Å². The van der Waals surface area contributed by atoms with Crippen LogP contribution in [0.5, 0.6) is 0 Å². The van der Waals surface area contributed by atoms with Crippen molar-refractivity contribution in [3.63, 3.8) is 0 Å². The van der Waals surface area contributed by atoms with Crippen LogP contribution in [0.25, 0.3) is 0 Å². The second kappa shape index (κ2) is 57.8. The molecule has 0 aromatic carbocycles. The zero-order chi connectivity index (χ0) is 57.0. The number of esters is 2. The third-order valence-electron chi connectivity index (χ3n) is 12.7. The number of likely N-dealkylation sites (N-methyl/N-ethyl adjacent to an activating group) is 1. The number of phosphoric acid groups is 1. The Morgan fingerprint density at radius 2 is 0.731 bits per heavy atom. The SMILES string of the molecule is CC/C=C\C/C=C\C/C=C\C/C=C\C/C=C\C/C=C\C/C=C\C/C=C\C/C=C\CCCCCCCCCCCCCC(=O)OC(COC(=O)CCCCCCC/C=C\C/C=C\CCCCC)COP(=O)(O)OCC[N+](C)(C)C. The van der Waals surface area contributed by atoms with Gasteiger partial charge in [0.25, 0.3) is 0 Å². The molecule has 0 aliphatic carbocycles. The van der Waals surface area contributed by atoms with E-state index in [1.807, 2.05) is 21.1 Å². The number of unbranched alkanes of at least 4 members (excludes halogenated alkanes) is 19. The molecule has 9 nitrogen and oxygen atoms in total. The standard InChI is InChI=1S/C68H114NO8P/c1-6-8-10-12-14-16-18-20-22-23-24-25-26-27-28-29-30-31-32-33-34-35-36-37-38-39-40-41-42-43-44-45-47-49-51-53-55-57-59-61-68(71)77-66(65-76-78(72,73)75-63-62-69(3,4)5)64-74-67(70)60-58-56-54-52-50-48-46-21-19-17-15-13-11-9-7-2/h8,10,14-17,20-22,24-25,27-28,30-31,33-34,36-37,39-40,46,66H,6-7,9,11-13,18-19,23,26,29,32,35,38,41-45,47-65H2,1-5H3/p+1/b10-8-,16-14-,17-15-,22-20-,25-24-,28-27-,31-30-,34-33-,37-36-,40-39-,46-21-. The van der Waals surface area contributed by atoms with Crippen molar-refractivity contribution in [2.45, 2.75) is 238 Å². The molecule has 1 N–H and O–H groups in total. The molecule has 444 valence electrons. The zero-order valence-electron chi connectivity index (χ0n) is 50.3. The van der Waals surface area contributed by atoms with Crippen LogP contribution < -0.4 is 0 Å². The predicted molar refractivity (Wildman–Crippen MR) is 334 cm³/mol. The van der Waals surface area contributed by atoms with E-state index < -0.39 is 26.5 Å². The van der Waals surface area contributed by atoms with Gasteiger partial charge in [-0.3, -0.25) is 18.6 Å². The summed E-state index contributed by atoms with van der Waals surface area (Å²) in [6.45, 7) is 4.26. The summed E-state index contributed by atoms with van der Waals surface area (Å²) in [6.07, 6.45) is 83.9. The van der Waals surface area contributed by atoms with Gasteiger partial charge in [-0.05, 0) is 116 Å². The van der Waals surface area contributed by atoms with Gasteiger partial charge in [0.05, 0.1) is 27.7 Å². The van der Waals surface area contributed by atoms with E-state index in [9.17, 15) is 19.0 Å². The van der Waals surface area contributed by atoms with Gasteiger partial charge in [-0.2, -0.15) is 0 Å². The maximum atomic E-state index is 12.8. The number of nitrogens with zero attached hydrogens (tertiary/aromatic N) is 1. The number of quaternary nitrogens is 1. The highest BCUT2D eigenvalue weighted by atomic mass is 31.2. The molecule has 0 rings (SSSR count). The third kappa shape index (κ3) is 61.4. The van der Waals surface area contributed by atoms with E-state index in [1.165, 1.54) is 70.6 Å². The number of ether oxygens (including phenoxy) is 2. The molecular weight excluding hydrogens is 990 g/mol. The molecule has 0 fully saturated rings. The van der Waals surface area contributed by atoms with Crippen LogP contribution in [0.15, 0.2) is 134 Å². The highest BCUT2D eigenvalue weighted by Gasteiger charge is 2.27. The van der Waals surface area contributed by atoms with Crippen LogP contribution in [0.1, 0.15) is 232 Å². The summed E-state index contributed by atoms with van der Waals surface area (Å²) >= 11 is 0. The number of allylic oxidation sites excluding steroid dienone is 22. The molecule has 78 heavy (non-hydrogen) atoms. The Morgan fingerprint density at radius 3 is 1.09 bits per heavy atom. The predicted octanol–water partition coefficient (Wildman–Crippen LogP) is 19.7. The number of carbonyl (C=O) groups excluding carboxylic acids is 2. The quantitative estimate of drug-likeness (QED) is 0.0211. The Hall–Kier alpha value is -3.85. The van der Waals surface area contributed by atoms with Gasteiger partial charge in [0.1, 0.15) is 19.8 Å². The maximum Gasteiger partial charge on any atom is 0.472 e. The molecule has 0 aliphatic heterocycles. The average Bonchev–Trinajstić information content (AvgIpc) is 3.41. The Morgan fingerprint density at radius 1 is 0.410 bits per heavy atom. The van der Waals surface area contributed by atoms with Crippen molar-refractivity contribution < 1.29 is 42.1 Å². The minimum Gasteiger partial charge on any atom is -0.462 e. The van der Waals surface area contributed by atoms with Crippen molar-refractivity contribution in [2.75, 3.05) is 47.5 Å². The molecule has 0 amide bonds. The topological polar surface area (TPSA) is 108 Å². The highest BCUT2D eigenvalue weighted by molar-refractivity contribution is 7.47. The van der Waals surface area contributed by atoms with Crippen molar-refractivity contribution >= 4 is 19.8 Å². The van der Waals surface area contributed by atoms with Crippen LogP contribution >= 0.6 is 7.82 Å². The molecule has 0 aromatic heterocycles. The summed E-state index contributed by atoms with van der Waals surface area (Å²) in [5.74, 6) is -0.823. The van der Waals surface area contributed by atoms with Crippen molar-refractivity contribution in [3.05, 3.63) is 134 Å². The van der Waals surface area contributed by atoms with E-state index in [4.69, 9.17) is 18.5 Å². The van der Waals surface area contributed by atoms with Crippen LogP contribution in [0.4, 0.5) is 0 Å². The number of hydrogen-bond donors (Lipinski definition) is 1. The second-order valence-electron chi connectivity index (χ2n) is 21.4. The minimum absolute atomic E-state index is 0.0229. The highest BCUT2D eigenvalue weighted by Crippen LogP contribution is 2.43. The molecule has 2 atom stereocenters. The first-order valence-electron chi connectivity index (χ1n) is 30.9. The van der Waals surface area contributed by atoms with Crippen LogP contribution in [-0.4, -0.2) is 74.9 Å². The van der Waals surface area contributed by atoms with Gasteiger partial charge in [-0.25, -0.2) is 4.57 Å². The van der Waals surface area contributed by atoms with E-state index in [0.29, 0.717) is 17.4 Å². The van der Waals surface area contributed by atoms with Gasteiger partial charge in [0.15, 0.2) is 6.10 Å². The Balaban J connectivity index is 4.10. The van der Waals surface area contributed by atoms with Crippen LogP contribution in [-0.2, 0) is 32.7 Å². The number of hydrogen-bond acceptors (Lipinski definition) is 7. The largest absolute Gasteiger partial charge is 0.472 e. The van der Waals surface area contributed by atoms with Crippen LogP contribution in [0.3, 0.4) is 0 Å². The number of rotatable bonds is 55. The fourth-order valence-corrected chi connectivity index (χ4v) is 8.66. The van der Waals surface area contributed by atoms with E-state index in [1.54, 1.807) is 0 Å². The molecule has 0 radical (unpaired) electrons. The fraction of sp³-hybridized carbons (Fsp3) is 0.647. The lowest BCUT2D eigenvalue weighted by molar-refractivity contribution is -0.870.